The van der Waals surface area contributed by atoms with Crippen LogP contribution in [0.4, 0.5) is 5.69 Å². The molecule has 8 rings (SSSR count). The number of aliphatic imine (C=N–C) groups is 1. The standard InChI is InChI=1S/C57H67ClN8O8S2/c1-8-47-63-64-54-44(61-51(38-16-18-40(58)19-17-38)50-34(2)36(4)76-56(50)66(47)54)30-48(69)60-41-20-22-43(23-21-41)74-28-10-26-72-25-9-27-73-32-49(70)62-53(57(5,6)7)55(71)65-31-42(67)29-45(65)46(68)24-13-37-11-14-39(15-12-37)52-35(3)59-33-75-52/h11-12,14-23,33,42,44-45,53,67H,8-10,13,24-32H2,1-7H3,(H,60,69)(H,62,70)/t42-,44+,45+,53-/m1/s1. The van der Waals surface area contributed by atoms with Crippen molar-refractivity contribution in [2.24, 2.45) is 10.4 Å². The number of anilines is 1. The summed E-state index contributed by atoms with van der Waals surface area (Å²) >= 11 is 9.54. The number of Topliss-reactive ketones (excluding diaryl/α,β-unsaturated/α-hetero) is 1. The minimum Gasteiger partial charge on any atom is -0.494 e. The third-order valence-corrected chi connectivity index (χ3v) is 16.0. The number of aromatic nitrogens is 4. The number of fused-ring (bicyclic) bond motifs is 3. The third-order valence-electron chi connectivity index (χ3n) is 13.6. The number of carbonyl (C=O) groups excluding carboxylic acids is 4. The van der Waals surface area contributed by atoms with Crippen molar-refractivity contribution >= 4 is 69.2 Å². The van der Waals surface area contributed by atoms with Crippen molar-refractivity contribution in [1.82, 2.24) is 30.0 Å². The van der Waals surface area contributed by atoms with Crippen LogP contribution in [0.15, 0.2) is 83.3 Å². The van der Waals surface area contributed by atoms with Crippen LogP contribution in [0.2, 0.25) is 5.02 Å². The number of halogens is 1. The molecule has 0 bridgehead atoms. The van der Waals surface area contributed by atoms with Crippen molar-refractivity contribution in [3.63, 3.8) is 0 Å². The summed E-state index contributed by atoms with van der Waals surface area (Å²) in [4.78, 5) is 67.6. The van der Waals surface area contributed by atoms with Gasteiger partial charge in [-0.05, 0) is 92.1 Å². The summed E-state index contributed by atoms with van der Waals surface area (Å²) in [7, 11) is 0. The van der Waals surface area contributed by atoms with Gasteiger partial charge in [0.25, 0.3) is 0 Å². The van der Waals surface area contributed by atoms with Gasteiger partial charge >= 0.3 is 0 Å². The highest BCUT2D eigenvalue weighted by Gasteiger charge is 2.44. The fourth-order valence-corrected chi connectivity index (χ4v) is 11.5. The Morgan fingerprint density at radius 3 is 2.26 bits per heavy atom. The number of ketones is 1. The van der Waals surface area contributed by atoms with Gasteiger partial charge < -0.3 is 34.9 Å². The van der Waals surface area contributed by atoms with Crippen molar-refractivity contribution < 1.29 is 38.5 Å². The molecule has 0 unspecified atom stereocenters. The predicted octanol–water partition coefficient (Wildman–Crippen LogP) is 9.40. The number of likely N-dealkylation sites (tertiary alicyclic amines) is 1. The quantitative estimate of drug-likeness (QED) is 0.0517. The zero-order valence-corrected chi connectivity index (χ0v) is 46.6. The number of hydrogen-bond donors (Lipinski definition) is 3. The maximum atomic E-state index is 14.0. The number of ether oxygens (including phenoxy) is 3. The molecule has 1 fully saturated rings. The van der Waals surface area contributed by atoms with Crippen LogP contribution >= 0.6 is 34.3 Å². The highest BCUT2D eigenvalue weighted by atomic mass is 35.5. The average molecular weight is 1090 g/mol. The van der Waals surface area contributed by atoms with Gasteiger partial charge in [0.2, 0.25) is 17.7 Å². The van der Waals surface area contributed by atoms with Gasteiger partial charge in [-0.1, -0.05) is 75.7 Å². The van der Waals surface area contributed by atoms with E-state index in [1.54, 1.807) is 34.8 Å². The van der Waals surface area contributed by atoms with E-state index in [9.17, 15) is 24.3 Å². The summed E-state index contributed by atoms with van der Waals surface area (Å²) in [5, 5.41) is 27.2. The first-order valence-electron chi connectivity index (χ1n) is 25.9. The number of benzene rings is 3. The normalized spacial score (nSPS) is 16.6. The van der Waals surface area contributed by atoms with Gasteiger partial charge in [0.15, 0.2) is 11.6 Å². The number of amides is 3. The van der Waals surface area contributed by atoms with E-state index in [1.165, 1.54) is 9.78 Å². The van der Waals surface area contributed by atoms with Crippen LogP contribution < -0.4 is 15.4 Å². The lowest BCUT2D eigenvalue weighted by Crippen LogP contribution is -2.57. The zero-order chi connectivity index (χ0) is 54.1. The van der Waals surface area contributed by atoms with Crippen molar-refractivity contribution in [3.8, 4) is 21.2 Å². The molecule has 16 nitrogen and oxygen atoms in total. The number of aliphatic hydroxyl groups excluding tert-OH is 1. The Balaban J connectivity index is 0.728. The van der Waals surface area contributed by atoms with E-state index in [0.29, 0.717) is 67.8 Å². The second-order valence-electron chi connectivity index (χ2n) is 20.3. The van der Waals surface area contributed by atoms with Crippen LogP contribution in [0, 0.1) is 26.2 Å². The molecule has 2 aliphatic rings. The highest BCUT2D eigenvalue weighted by molar-refractivity contribution is 7.15. The number of carbonyl (C=O) groups is 4. The molecule has 6 aromatic rings. The first-order chi connectivity index (χ1) is 36.5. The lowest BCUT2D eigenvalue weighted by atomic mass is 9.85. The summed E-state index contributed by atoms with van der Waals surface area (Å²) < 4.78 is 19.4. The molecular weight excluding hydrogens is 1020 g/mol. The van der Waals surface area contributed by atoms with Crippen molar-refractivity contribution in [2.45, 2.75) is 118 Å². The van der Waals surface area contributed by atoms with Crippen LogP contribution in [0.1, 0.15) is 110 Å². The van der Waals surface area contributed by atoms with E-state index < -0.39 is 41.5 Å². The minimum atomic E-state index is -0.936. The second kappa shape index (κ2) is 25.3. The molecule has 2 aliphatic heterocycles. The van der Waals surface area contributed by atoms with E-state index in [0.717, 1.165) is 54.9 Å². The summed E-state index contributed by atoms with van der Waals surface area (Å²) in [5.41, 5.74) is 8.65. The molecule has 19 heteroatoms. The Morgan fingerprint density at radius 2 is 1.58 bits per heavy atom. The molecule has 3 amide bonds. The smallest absolute Gasteiger partial charge is 0.246 e. The van der Waals surface area contributed by atoms with Crippen LogP contribution in [0.25, 0.3) is 15.4 Å². The van der Waals surface area contributed by atoms with Gasteiger partial charge in [0, 0.05) is 78.8 Å². The maximum absolute atomic E-state index is 14.0. The van der Waals surface area contributed by atoms with E-state index in [1.807, 2.05) is 101 Å². The number of hydrogen-bond acceptors (Lipinski definition) is 14. The summed E-state index contributed by atoms with van der Waals surface area (Å²) in [6, 6.07) is 20.6. The van der Waals surface area contributed by atoms with Crippen molar-refractivity contribution in [1.29, 1.82) is 0 Å². The Labute approximate surface area is 457 Å². The summed E-state index contributed by atoms with van der Waals surface area (Å²) in [5.74, 6) is 0.900. The number of thiophene rings is 1. The molecule has 0 spiro atoms. The van der Waals surface area contributed by atoms with E-state index in [4.69, 9.17) is 30.8 Å². The SMILES string of the molecule is CCc1nnc2n1-c1sc(C)c(C)c1C(c1ccc(Cl)cc1)=N[C@H]2CC(=O)Nc1ccc(OCCCOCCCOCC(=O)N[C@H](C(=O)N2C[C@H](O)C[C@H]2C(=O)CCc2ccc(-c3scnc3C)cc2)C(C)(C)C)cc1. The molecule has 1 saturated heterocycles. The molecule has 402 valence electrons. The maximum Gasteiger partial charge on any atom is 0.246 e. The second-order valence-corrected chi connectivity index (χ2v) is 22.8. The van der Waals surface area contributed by atoms with Gasteiger partial charge in [-0.15, -0.1) is 32.9 Å². The molecule has 3 N–H and O–H groups in total. The van der Waals surface area contributed by atoms with Crippen molar-refractivity contribution in [2.75, 3.05) is 44.9 Å². The Hall–Kier alpha value is -6.15. The number of β-amino-alcohol motifs (C(OH)–C–C–N with tert-alkyl or cyclic N) is 1. The van der Waals surface area contributed by atoms with Gasteiger partial charge in [-0.3, -0.25) is 28.7 Å². The monoisotopic (exact) mass is 1090 g/mol. The zero-order valence-electron chi connectivity index (χ0n) is 44.2. The van der Waals surface area contributed by atoms with Gasteiger partial charge in [0.05, 0.1) is 47.0 Å². The van der Waals surface area contributed by atoms with E-state index >= 15 is 0 Å². The third kappa shape index (κ3) is 13.7. The Kier molecular flexibility index (Phi) is 18.7. The number of aliphatic hydroxyl groups is 1. The molecule has 3 aromatic heterocycles. The predicted molar refractivity (Wildman–Crippen MR) is 297 cm³/mol. The van der Waals surface area contributed by atoms with Gasteiger partial charge in [-0.25, -0.2) is 4.98 Å². The largest absolute Gasteiger partial charge is 0.494 e. The molecule has 76 heavy (non-hydrogen) atoms. The first-order valence-corrected chi connectivity index (χ1v) is 27.9. The van der Waals surface area contributed by atoms with Gasteiger partial charge in [-0.2, -0.15) is 0 Å². The first kappa shape index (κ1) is 56.1. The highest BCUT2D eigenvalue weighted by Crippen LogP contribution is 2.40. The molecule has 3 aromatic carbocycles. The number of nitrogens with one attached hydrogen (secondary N) is 2. The Morgan fingerprint density at radius 1 is 0.882 bits per heavy atom. The van der Waals surface area contributed by atoms with Crippen molar-refractivity contribution in [3.05, 3.63) is 128 Å². The molecule has 5 heterocycles. The molecule has 0 saturated carbocycles. The molecule has 4 atom stereocenters. The number of aryl methyl sites for hydroxylation is 4. The number of thiazole rings is 1. The topological polar surface area (TPSA) is 199 Å². The minimum absolute atomic E-state index is 0.0224. The lowest BCUT2D eigenvalue weighted by molar-refractivity contribution is -0.144. The van der Waals surface area contributed by atoms with Crippen LogP contribution in [0.3, 0.4) is 0 Å². The number of nitrogens with zero attached hydrogens (tertiary/aromatic N) is 6. The lowest BCUT2D eigenvalue weighted by Gasteiger charge is -2.35. The van der Waals surface area contributed by atoms with E-state index in [-0.39, 0.29) is 50.7 Å². The molecular formula is C57H67ClN8O8S2. The molecule has 0 aliphatic carbocycles. The Bertz CT molecular complexity index is 3020. The fourth-order valence-electron chi connectivity index (χ4n) is 9.40. The number of rotatable bonds is 23. The van der Waals surface area contributed by atoms with E-state index in [2.05, 4.69) is 44.2 Å². The van der Waals surface area contributed by atoms with Crippen LogP contribution in [0.5, 0.6) is 5.75 Å². The van der Waals surface area contributed by atoms with Crippen LogP contribution in [-0.4, -0.2) is 117 Å². The fraction of sp³-hybridized carbons (Fsp3) is 0.439. The van der Waals surface area contributed by atoms with Crippen LogP contribution in [-0.2, 0) is 41.5 Å². The summed E-state index contributed by atoms with van der Waals surface area (Å²) in [6.07, 6.45) is 1.96. The molecule has 0 radical (unpaired) electrons. The average Bonchev–Trinajstić information content (AvgIpc) is 4.20. The van der Waals surface area contributed by atoms with Gasteiger partial charge in [0.1, 0.15) is 35.3 Å². The summed E-state index contributed by atoms with van der Waals surface area (Å²) in [6.45, 7) is 15.1.